The second-order valence-electron chi connectivity index (χ2n) is 4.52. The van der Waals surface area contributed by atoms with Gasteiger partial charge in [0.2, 0.25) is 0 Å². The number of fused-ring (bicyclic) bond motifs is 1. The van der Waals surface area contributed by atoms with Crippen LogP contribution in [0.1, 0.15) is 12.5 Å². The number of halogens is 1. The highest BCUT2D eigenvalue weighted by molar-refractivity contribution is 7.99. The van der Waals surface area contributed by atoms with Crippen LogP contribution in [0.5, 0.6) is 0 Å². The molecule has 0 radical (unpaired) electrons. The number of hydrogen-bond acceptors (Lipinski definition) is 4. The predicted octanol–water partition coefficient (Wildman–Crippen LogP) is 3.64. The molecule has 0 spiro atoms. The fourth-order valence-corrected chi connectivity index (χ4v) is 3.31. The van der Waals surface area contributed by atoms with Gasteiger partial charge in [-0.1, -0.05) is 36.7 Å². The molecule has 0 saturated carbocycles. The second kappa shape index (κ2) is 6.47. The first kappa shape index (κ1) is 14.4. The molecule has 1 aromatic carbocycles. The topological polar surface area (TPSA) is 42.2 Å². The van der Waals surface area contributed by atoms with E-state index in [-0.39, 0.29) is 0 Å². The van der Waals surface area contributed by atoms with Gasteiger partial charge in [0.1, 0.15) is 0 Å². The third kappa shape index (κ3) is 3.05. The highest BCUT2D eigenvalue weighted by atomic mass is 35.5. The van der Waals surface area contributed by atoms with Crippen LogP contribution >= 0.6 is 23.4 Å². The van der Waals surface area contributed by atoms with E-state index in [2.05, 4.69) is 28.5 Å². The number of benzene rings is 1. The van der Waals surface area contributed by atoms with E-state index in [1.807, 2.05) is 40.9 Å². The molecule has 4 nitrogen and oxygen atoms in total. The quantitative estimate of drug-likeness (QED) is 0.780. The van der Waals surface area contributed by atoms with Crippen LogP contribution in [-0.2, 0) is 6.54 Å². The summed E-state index contributed by atoms with van der Waals surface area (Å²) < 4.78 is 1.96. The van der Waals surface area contributed by atoms with Crippen molar-refractivity contribution >= 4 is 29.0 Å². The highest BCUT2D eigenvalue weighted by Crippen LogP contribution is 2.35. The highest BCUT2D eigenvalue weighted by Gasteiger charge is 2.13. The molecule has 21 heavy (non-hydrogen) atoms. The number of nitrogens with one attached hydrogen (secondary N) is 1. The van der Waals surface area contributed by atoms with Crippen LogP contribution in [0.3, 0.4) is 0 Å². The molecule has 0 aliphatic heterocycles. The molecule has 3 rings (SSSR count). The van der Waals surface area contributed by atoms with Gasteiger partial charge in [0.05, 0.1) is 5.02 Å². The molecule has 6 heteroatoms. The number of aromatic nitrogens is 3. The molecule has 3 aromatic rings. The van der Waals surface area contributed by atoms with Gasteiger partial charge < -0.3 is 5.32 Å². The van der Waals surface area contributed by atoms with E-state index in [1.54, 1.807) is 11.8 Å². The van der Waals surface area contributed by atoms with Gasteiger partial charge in [-0.2, -0.15) is 0 Å². The number of rotatable bonds is 5. The molecule has 0 saturated heterocycles. The first-order valence-corrected chi connectivity index (χ1v) is 7.94. The zero-order valence-electron chi connectivity index (χ0n) is 11.6. The third-order valence-electron chi connectivity index (χ3n) is 3.09. The SMILES string of the molecule is CCNCc1cccc(Cl)c1Sc1nnc2ccccn12. The van der Waals surface area contributed by atoms with Gasteiger partial charge in [0, 0.05) is 17.6 Å². The fourth-order valence-electron chi connectivity index (χ4n) is 2.05. The van der Waals surface area contributed by atoms with Crippen LogP contribution in [0.15, 0.2) is 52.6 Å². The van der Waals surface area contributed by atoms with Crippen LogP contribution in [-0.4, -0.2) is 21.1 Å². The maximum absolute atomic E-state index is 6.37. The molecular weight excluding hydrogens is 304 g/mol. The van der Waals surface area contributed by atoms with E-state index in [0.29, 0.717) is 0 Å². The van der Waals surface area contributed by atoms with Crippen LogP contribution < -0.4 is 5.32 Å². The molecule has 0 amide bonds. The van der Waals surface area contributed by atoms with Gasteiger partial charge in [-0.25, -0.2) is 0 Å². The molecule has 1 N–H and O–H groups in total. The summed E-state index contributed by atoms with van der Waals surface area (Å²) in [6.07, 6.45) is 1.96. The van der Waals surface area contributed by atoms with Gasteiger partial charge >= 0.3 is 0 Å². The Morgan fingerprint density at radius 2 is 2.10 bits per heavy atom. The first-order valence-electron chi connectivity index (χ1n) is 6.75. The Morgan fingerprint density at radius 3 is 2.95 bits per heavy atom. The van der Waals surface area contributed by atoms with Gasteiger partial charge in [-0.05, 0) is 42.1 Å². The Morgan fingerprint density at radius 1 is 1.19 bits per heavy atom. The Labute approximate surface area is 132 Å². The minimum absolute atomic E-state index is 0.739. The van der Waals surface area contributed by atoms with E-state index in [9.17, 15) is 0 Å². The van der Waals surface area contributed by atoms with Gasteiger partial charge in [0.15, 0.2) is 10.8 Å². The van der Waals surface area contributed by atoms with Crippen LogP contribution in [0, 0.1) is 0 Å². The lowest BCUT2D eigenvalue weighted by Gasteiger charge is -2.10. The van der Waals surface area contributed by atoms with Crippen LogP contribution in [0.4, 0.5) is 0 Å². The predicted molar refractivity (Wildman–Crippen MR) is 85.9 cm³/mol. The molecule has 0 fully saturated rings. The Hall–Kier alpha value is -1.56. The molecule has 0 unspecified atom stereocenters. The van der Waals surface area contributed by atoms with Crippen molar-refractivity contribution in [2.75, 3.05) is 6.54 Å². The Balaban J connectivity index is 1.97. The number of nitrogens with zero attached hydrogens (tertiary/aromatic N) is 3. The third-order valence-corrected chi connectivity index (χ3v) is 4.66. The summed E-state index contributed by atoms with van der Waals surface area (Å²) in [4.78, 5) is 1.03. The number of pyridine rings is 1. The Bertz CT molecular complexity index is 756. The molecule has 0 aliphatic rings. The zero-order valence-corrected chi connectivity index (χ0v) is 13.2. The Kier molecular flexibility index (Phi) is 4.43. The molecule has 0 atom stereocenters. The van der Waals surface area contributed by atoms with Crippen molar-refractivity contribution in [2.45, 2.75) is 23.5 Å². The lowest BCUT2D eigenvalue weighted by molar-refractivity contribution is 0.718. The molecule has 2 heterocycles. The zero-order chi connectivity index (χ0) is 14.7. The minimum atomic E-state index is 0.739. The smallest absolute Gasteiger partial charge is 0.200 e. The minimum Gasteiger partial charge on any atom is -0.313 e. The molecular formula is C15H15ClN4S. The van der Waals surface area contributed by atoms with Crippen LogP contribution in [0.25, 0.3) is 5.65 Å². The van der Waals surface area contributed by atoms with Crippen molar-refractivity contribution < 1.29 is 0 Å². The van der Waals surface area contributed by atoms with Crippen molar-refractivity contribution in [3.05, 3.63) is 53.2 Å². The van der Waals surface area contributed by atoms with Crippen molar-refractivity contribution in [1.82, 2.24) is 19.9 Å². The van der Waals surface area contributed by atoms with Gasteiger partial charge in [-0.15, -0.1) is 10.2 Å². The maximum Gasteiger partial charge on any atom is 0.200 e. The molecule has 0 bridgehead atoms. The van der Waals surface area contributed by atoms with E-state index >= 15 is 0 Å². The normalized spacial score (nSPS) is 11.1. The van der Waals surface area contributed by atoms with Gasteiger partial charge in [-0.3, -0.25) is 4.40 Å². The average Bonchev–Trinajstić information content (AvgIpc) is 2.91. The van der Waals surface area contributed by atoms with E-state index in [4.69, 9.17) is 11.6 Å². The monoisotopic (exact) mass is 318 g/mol. The summed E-state index contributed by atoms with van der Waals surface area (Å²) in [5.74, 6) is 0. The van der Waals surface area contributed by atoms with E-state index in [1.165, 1.54) is 5.56 Å². The summed E-state index contributed by atoms with van der Waals surface area (Å²) in [7, 11) is 0. The summed E-state index contributed by atoms with van der Waals surface area (Å²) in [5, 5.41) is 13.3. The summed E-state index contributed by atoms with van der Waals surface area (Å²) in [5.41, 5.74) is 2.00. The van der Waals surface area contributed by atoms with Crippen molar-refractivity contribution in [2.24, 2.45) is 0 Å². The lowest BCUT2D eigenvalue weighted by Crippen LogP contribution is -2.12. The standard InChI is InChI=1S/C15H15ClN4S/c1-2-17-10-11-6-5-7-12(16)14(11)21-15-19-18-13-8-3-4-9-20(13)15/h3-9,17H,2,10H2,1H3. The summed E-state index contributed by atoms with van der Waals surface area (Å²) in [6.45, 7) is 3.80. The van der Waals surface area contributed by atoms with Crippen molar-refractivity contribution in [3.63, 3.8) is 0 Å². The van der Waals surface area contributed by atoms with Crippen molar-refractivity contribution in [1.29, 1.82) is 0 Å². The fraction of sp³-hybridized carbons (Fsp3) is 0.200. The molecule has 2 aromatic heterocycles. The lowest BCUT2D eigenvalue weighted by atomic mass is 10.2. The largest absolute Gasteiger partial charge is 0.313 e. The first-order chi connectivity index (χ1) is 10.3. The van der Waals surface area contributed by atoms with Gasteiger partial charge in [0.25, 0.3) is 0 Å². The maximum atomic E-state index is 6.37. The van der Waals surface area contributed by atoms with Crippen LogP contribution in [0.2, 0.25) is 5.02 Å². The molecule has 108 valence electrons. The second-order valence-corrected chi connectivity index (χ2v) is 5.91. The number of hydrogen-bond donors (Lipinski definition) is 1. The average molecular weight is 319 g/mol. The van der Waals surface area contributed by atoms with E-state index < -0.39 is 0 Å². The van der Waals surface area contributed by atoms with E-state index in [0.717, 1.165) is 33.8 Å². The van der Waals surface area contributed by atoms with Crippen molar-refractivity contribution in [3.8, 4) is 0 Å². The summed E-state index contributed by atoms with van der Waals surface area (Å²) >= 11 is 7.92. The summed E-state index contributed by atoms with van der Waals surface area (Å²) in [6, 6.07) is 11.8. The molecule has 0 aliphatic carbocycles.